The summed E-state index contributed by atoms with van der Waals surface area (Å²) in [6, 6.07) is 26.9. The molecule has 168 valence electrons. The van der Waals surface area contributed by atoms with E-state index in [4.69, 9.17) is 10.00 Å². The van der Waals surface area contributed by atoms with Gasteiger partial charge in [-0.15, -0.1) is 0 Å². The van der Waals surface area contributed by atoms with E-state index in [1.54, 1.807) is 42.5 Å². The van der Waals surface area contributed by atoms with Crippen molar-refractivity contribution in [2.45, 2.75) is 13.0 Å². The first-order chi connectivity index (χ1) is 16.6. The van der Waals surface area contributed by atoms with Crippen LogP contribution in [0.2, 0.25) is 0 Å². The molecule has 0 radical (unpaired) electrons. The molecule has 0 spiro atoms. The Balaban J connectivity index is 1.50. The molecule has 1 amide bonds. The monoisotopic (exact) mass is 451 g/mol. The molecule has 1 aromatic heterocycles. The van der Waals surface area contributed by atoms with Gasteiger partial charge in [0.15, 0.2) is 0 Å². The largest absolute Gasteiger partial charge is 0.487 e. The number of rotatable bonds is 8. The van der Waals surface area contributed by atoms with Crippen LogP contribution in [0.25, 0.3) is 22.6 Å². The third-order valence-corrected chi connectivity index (χ3v) is 5.16. The lowest BCUT2D eigenvalue weighted by atomic mass is 10.0. The molecule has 0 saturated carbocycles. The van der Waals surface area contributed by atoms with Gasteiger partial charge in [-0.25, -0.2) is 9.37 Å². The van der Waals surface area contributed by atoms with Gasteiger partial charge < -0.3 is 10.1 Å². The second-order valence-corrected chi connectivity index (χ2v) is 7.58. The number of amides is 1. The Morgan fingerprint density at radius 1 is 1.00 bits per heavy atom. The highest BCUT2D eigenvalue weighted by Gasteiger charge is 2.12. The van der Waals surface area contributed by atoms with Gasteiger partial charge in [0, 0.05) is 17.5 Å². The zero-order valence-electron chi connectivity index (χ0n) is 18.4. The normalized spacial score (nSPS) is 11.1. The molecule has 0 bridgehead atoms. The Kier molecular flexibility index (Phi) is 7.26. The van der Waals surface area contributed by atoms with Crippen LogP contribution in [0.3, 0.4) is 0 Å². The maximum absolute atomic E-state index is 13.3. The molecule has 0 unspecified atom stereocenters. The fraction of sp³-hybridized carbons (Fsp3) is 0.107. The van der Waals surface area contributed by atoms with Crippen molar-refractivity contribution >= 4 is 28.5 Å². The highest BCUT2D eigenvalue weighted by molar-refractivity contribution is 6.24. The molecular weight excluding hydrogens is 429 g/mol. The van der Waals surface area contributed by atoms with Crippen molar-refractivity contribution in [3.05, 3.63) is 108 Å². The lowest BCUT2D eigenvalue weighted by molar-refractivity contribution is -0.115. The number of benzene rings is 3. The molecular formula is C28H22FN3O2. The molecule has 5 nitrogen and oxygen atoms in total. The van der Waals surface area contributed by atoms with Gasteiger partial charge in [0.2, 0.25) is 0 Å². The Morgan fingerprint density at radius 2 is 1.76 bits per heavy atom. The van der Waals surface area contributed by atoms with Crippen LogP contribution in [-0.4, -0.2) is 17.4 Å². The number of halogens is 1. The smallest absolute Gasteiger partial charge is 0.251 e. The quantitative estimate of drug-likeness (QED) is 0.217. The van der Waals surface area contributed by atoms with Crippen LogP contribution in [0.15, 0.2) is 84.9 Å². The molecule has 0 saturated heterocycles. The van der Waals surface area contributed by atoms with Crippen LogP contribution in [0, 0.1) is 17.1 Å². The molecule has 0 fully saturated rings. The lowest BCUT2D eigenvalue weighted by Crippen LogP contribution is -2.25. The predicted molar refractivity (Wildman–Crippen MR) is 130 cm³/mol. The first-order valence-electron chi connectivity index (χ1n) is 10.8. The summed E-state index contributed by atoms with van der Waals surface area (Å²) in [7, 11) is 0. The number of aromatic nitrogens is 1. The number of nitrogens with one attached hydrogen (secondary N) is 1. The van der Waals surface area contributed by atoms with Crippen molar-refractivity contribution in [3.63, 3.8) is 0 Å². The average Bonchev–Trinajstić information content (AvgIpc) is 2.87. The van der Waals surface area contributed by atoms with Crippen molar-refractivity contribution in [3.8, 4) is 11.8 Å². The minimum absolute atomic E-state index is 0.213. The number of carbonyl (C=O) groups excluding carboxylic acids is 1. The highest BCUT2D eigenvalue weighted by atomic mass is 19.1. The van der Waals surface area contributed by atoms with Gasteiger partial charge in [-0.1, -0.05) is 48.5 Å². The SMILES string of the molecule is N#CCCNC(=O)C(=Cc1ccc(F)cc1)c1ccc(OCc2ccc3ccccc3n2)cc1. The van der Waals surface area contributed by atoms with Crippen molar-refractivity contribution in [2.75, 3.05) is 6.54 Å². The Hall–Kier alpha value is -4.50. The van der Waals surface area contributed by atoms with Gasteiger partial charge in [-0.2, -0.15) is 5.26 Å². The first-order valence-corrected chi connectivity index (χ1v) is 10.8. The van der Waals surface area contributed by atoms with Gasteiger partial charge in [-0.05, 0) is 53.6 Å². The standard InChI is InChI=1S/C28H22FN3O2/c29-23-11-6-20(7-12-23)18-26(28(33)31-17-3-16-30)21-9-14-25(15-10-21)34-19-24-13-8-22-4-1-2-5-27(22)32-24/h1-2,4-15,18H,3,17,19H2,(H,31,33). The van der Waals surface area contributed by atoms with Gasteiger partial charge in [0.1, 0.15) is 18.2 Å². The molecule has 3 aromatic carbocycles. The predicted octanol–water partition coefficient (Wildman–Crippen LogP) is 5.52. The highest BCUT2D eigenvalue weighted by Crippen LogP contribution is 2.23. The van der Waals surface area contributed by atoms with E-state index in [0.29, 0.717) is 29.1 Å². The fourth-order valence-corrected chi connectivity index (χ4v) is 3.41. The van der Waals surface area contributed by atoms with Crippen LogP contribution < -0.4 is 10.1 Å². The summed E-state index contributed by atoms with van der Waals surface area (Å²) in [4.78, 5) is 17.4. The van der Waals surface area contributed by atoms with E-state index < -0.39 is 0 Å². The molecule has 4 aromatic rings. The Morgan fingerprint density at radius 3 is 2.53 bits per heavy atom. The minimum Gasteiger partial charge on any atom is -0.487 e. The zero-order chi connectivity index (χ0) is 23.8. The van der Waals surface area contributed by atoms with E-state index in [1.165, 1.54) is 12.1 Å². The zero-order valence-corrected chi connectivity index (χ0v) is 18.4. The molecule has 0 aliphatic heterocycles. The number of nitrogens with zero attached hydrogens (tertiary/aromatic N) is 2. The summed E-state index contributed by atoms with van der Waals surface area (Å²) in [5.41, 5.74) is 3.50. The number of ether oxygens (including phenoxy) is 1. The molecule has 34 heavy (non-hydrogen) atoms. The number of fused-ring (bicyclic) bond motifs is 1. The van der Waals surface area contributed by atoms with E-state index in [0.717, 1.165) is 16.6 Å². The van der Waals surface area contributed by atoms with E-state index in [9.17, 15) is 9.18 Å². The summed E-state index contributed by atoms with van der Waals surface area (Å²) in [6.07, 6.45) is 1.90. The van der Waals surface area contributed by atoms with Crippen molar-refractivity contribution in [1.82, 2.24) is 10.3 Å². The number of nitriles is 1. The summed E-state index contributed by atoms with van der Waals surface area (Å²) in [5, 5.41) is 12.6. The van der Waals surface area contributed by atoms with Gasteiger partial charge in [-0.3, -0.25) is 4.79 Å². The maximum Gasteiger partial charge on any atom is 0.251 e. The van der Waals surface area contributed by atoms with Gasteiger partial charge >= 0.3 is 0 Å². The number of hydrogen-bond acceptors (Lipinski definition) is 4. The Bertz CT molecular complexity index is 1360. The van der Waals surface area contributed by atoms with Crippen molar-refractivity contribution in [1.29, 1.82) is 5.26 Å². The maximum atomic E-state index is 13.3. The van der Waals surface area contributed by atoms with Crippen LogP contribution in [0.4, 0.5) is 4.39 Å². The first kappa shape index (κ1) is 22.7. The summed E-state index contributed by atoms with van der Waals surface area (Å²) >= 11 is 0. The summed E-state index contributed by atoms with van der Waals surface area (Å²) < 4.78 is 19.2. The number of pyridine rings is 1. The third kappa shape index (κ3) is 5.84. The second-order valence-electron chi connectivity index (χ2n) is 7.58. The fourth-order valence-electron chi connectivity index (χ4n) is 3.41. The number of hydrogen-bond donors (Lipinski definition) is 1. The molecule has 0 atom stereocenters. The average molecular weight is 452 g/mol. The minimum atomic E-state index is -0.348. The molecule has 0 aliphatic rings. The van der Waals surface area contributed by atoms with Gasteiger partial charge in [0.05, 0.1) is 23.7 Å². The van der Waals surface area contributed by atoms with Gasteiger partial charge in [0.25, 0.3) is 5.91 Å². The van der Waals surface area contributed by atoms with E-state index in [2.05, 4.69) is 10.3 Å². The van der Waals surface area contributed by atoms with Crippen molar-refractivity contribution < 1.29 is 13.9 Å². The van der Waals surface area contributed by atoms with Crippen LogP contribution in [0.5, 0.6) is 5.75 Å². The van der Waals surface area contributed by atoms with Crippen molar-refractivity contribution in [2.24, 2.45) is 0 Å². The van der Waals surface area contributed by atoms with Crippen LogP contribution >= 0.6 is 0 Å². The molecule has 6 heteroatoms. The van der Waals surface area contributed by atoms with E-state index in [1.807, 2.05) is 42.5 Å². The molecule has 0 aliphatic carbocycles. The molecule has 1 N–H and O–H groups in total. The second kappa shape index (κ2) is 10.9. The molecule has 1 heterocycles. The topological polar surface area (TPSA) is 75.0 Å². The van der Waals surface area contributed by atoms with Crippen LogP contribution in [-0.2, 0) is 11.4 Å². The lowest BCUT2D eigenvalue weighted by Gasteiger charge is -2.11. The summed E-state index contributed by atoms with van der Waals surface area (Å²) in [5.74, 6) is -0.0158. The molecule has 4 rings (SSSR count). The third-order valence-electron chi connectivity index (χ3n) is 5.16. The van der Waals surface area contributed by atoms with E-state index >= 15 is 0 Å². The summed E-state index contributed by atoms with van der Waals surface area (Å²) in [6.45, 7) is 0.563. The van der Waals surface area contributed by atoms with E-state index in [-0.39, 0.29) is 24.7 Å². The number of carbonyl (C=O) groups is 1. The number of para-hydroxylation sites is 1. The Labute approximate surface area is 197 Å². The van der Waals surface area contributed by atoms with Crippen LogP contribution in [0.1, 0.15) is 23.2 Å².